The van der Waals surface area contributed by atoms with E-state index in [4.69, 9.17) is 9.47 Å². The maximum Gasteiger partial charge on any atom is 0.280 e. The highest BCUT2D eigenvalue weighted by molar-refractivity contribution is 7.92. The molecule has 0 fully saturated rings. The fourth-order valence-corrected chi connectivity index (χ4v) is 5.28. The molecule has 35 heavy (non-hydrogen) atoms. The molecule has 0 unspecified atom stereocenters. The summed E-state index contributed by atoms with van der Waals surface area (Å²) in [5.41, 5.74) is 0.656. The molecule has 1 aromatic heterocycles. The molecule has 194 valence electrons. The van der Waals surface area contributed by atoms with Crippen molar-refractivity contribution < 1.29 is 22.7 Å². The Morgan fingerprint density at radius 2 is 1.97 bits per heavy atom. The third kappa shape index (κ3) is 6.53. The van der Waals surface area contributed by atoms with Crippen LogP contribution in [0.15, 0.2) is 35.7 Å². The average molecular weight is 508 g/mol. The molecule has 2 aromatic rings. The summed E-state index contributed by atoms with van der Waals surface area (Å²) < 4.78 is 41.5. The van der Waals surface area contributed by atoms with Gasteiger partial charge in [-0.25, -0.2) is 4.98 Å². The zero-order valence-corrected chi connectivity index (χ0v) is 22.2. The van der Waals surface area contributed by atoms with Crippen molar-refractivity contribution in [2.45, 2.75) is 44.4 Å². The number of aromatic nitrogens is 2. The van der Waals surface area contributed by atoms with E-state index in [9.17, 15) is 13.2 Å². The van der Waals surface area contributed by atoms with Crippen LogP contribution in [-0.2, 0) is 21.8 Å². The van der Waals surface area contributed by atoms with E-state index in [1.807, 2.05) is 0 Å². The largest absolute Gasteiger partial charge is 0.491 e. The minimum absolute atomic E-state index is 0.0869. The summed E-state index contributed by atoms with van der Waals surface area (Å²) in [6, 6.07) is 4.80. The van der Waals surface area contributed by atoms with Crippen molar-refractivity contribution in [3.8, 4) is 5.75 Å². The van der Waals surface area contributed by atoms with Crippen LogP contribution in [0.1, 0.15) is 37.6 Å². The molecule has 11 heteroatoms. The Bertz CT molecular complexity index is 1120. The number of rotatable bonds is 6. The van der Waals surface area contributed by atoms with Crippen molar-refractivity contribution in [2.24, 2.45) is 13.0 Å². The number of hydrogen-bond acceptors (Lipinski definition) is 7. The van der Waals surface area contributed by atoms with Gasteiger partial charge in [0.05, 0.1) is 23.7 Å². The molecule has 10 nitrogen and oxygen atoms in total. The highest BCUT2D eigenvalue weighted by atomic mass is 32.2. The van der Waals surface area contributed by atoms with Gasteiger partial charge in [-0.05, 0) is 37.9 Å². The lowest BCUT2D eigenvalue weighted by atomic mass is 10.0. The second-order valence-electron chi connectivity index (χ2n) is 9.29. The van der Waals surface area contributed by atoms with E-state index in [-0.39, 0.29) is 29.0 Å². The fourth-order valence-electron chi connectivity index (χ4n) is 4.24. The number of nitrogens with zero attached hydrogens (tertiary/aromatic N) is 4. The standard InChI is InChI=1S/C24H37N5O5S/c1-7-10-29-12-17(2)22(33-6)13-28(5)24(30)20-9-8-19(11-21(20)34-15-18(29)3)26-35(31,32)23-14-27(4)16-25-23/h8-9,11,14,16-18,22,26H,7,10,12-13,15H2,1-6H3/t17-,18+,22+/m1/s1. The highest BCUT2D eigenvalue weighted by Gasteiger charge is 2.28. The third-order valence-electron chi connectivity index (χ3n) is 6.30. The summed E-state index contributed by atoms with van der Waals surface area (Å²) in [5, 5.41) is -0.0898. The summed E-state index contributed by atoms with van der Waals surface area (Å²) in [7, 11) is 1.22. The minimum atomic E-state index is -3.88. The number of fused-ring (bicyclic) bond motifs is 1. The molecule has 1 aliphatic heterocycles. The highest BCUT2D eigenvalue weighted by Crippen LogP contribution is 2.28. The number of aryl methyl sites for hydroxylation is 1. The van der Waals surface area contributed by atoms with E-state index >= 15 is 0 Å². The number of benzene rings is 1. The molecular formula is C24H37N5O5S. The molecule has 0 saturated heterocycles. The molecule has 1 aliphatic rings. The fraction of sp³-hybridized carbons (Fsp3) is 0.583. The molecule has 0 bridgehead atoms. The molecule has 3 rings (SSSR count). The maximum absolute atomic E-state index is 13.3. The van der Waals surface area contributed by atoms with Crippen LogP contribution in [0.25, 0.3) is 0 Å². The van der Waals surface area contributed by atoms with Gasteiger partial charge in [-0.3, -0.25) is 14.4 Å². The van der Waals surface area contributed by atoms with E-state index < -0.39 is 10.0 Å². The molecule has 0 aliphatic carbocycles. The number of nitrogens with one attached hydrogen (secondary N) is 1. The number of hydrogen-bond donors (Lipinski definition) is 1. The topological polar surface area (TPSA) is 106 Å². The van der Waals surface area contributed by atoms with Crippen LogP contribution in [0, 0.1) is 5.92 Å². The Labute approximate surface area is 208 Å². The van der Waals surface area contributed by atoms with Crippen molar-refractivity contribution in [1.29, 1.82) is 0 Å². The number of ether oxygens (including phenoxy) is 2. The summed E-state index contributed by atoms with van der Waals surface area (Å²) in [4.78, 5) is 21.2. The molecular weight excluding hydrogens is 470 g/mol. The predicted molar refractivity (Wildman–Crippen MR) is 134 cm³/mol. The lowest BCUT2D eigenvalue weighted by Gasteiger charge is -2.35. The van der Waals surface area contributed by atoms with Gasteiger partial charge in [0.2, 0.25) is 0 Å². The van der Waals surface area contributed by atoms with Gasteiger partial charge >= 0.3 is 0 Å². The number of methoxy groups -OCH3 is 1. The van der Waals surface area contributed by atoms with E-state index in [0.29, 0.717) is 30.2 Å². The van der Waals surface area contributed by atoms with Crippen molar-refractivity contribution in [3.63, 3.8) is 0 Å². The van der Waals surface area contributed by atoms with Crippen LogP contribution in [0.2, 0.25) is 0 Å². The van der Waals surface area contributed by atoms with Gasteiger partial charge in [0.15, 0.2) is 5.03 Å². The number of sulfonamides is 1. The van der Waals surface area contributed by atoms with Gasteiger partial charge in [-0.15, -0.1) is 0 Å². The van der Waals surface area contributed by atoms with E-state index in [1.54, 1.807) is 48.9 Å². The SMILES string of the molecule is CCCN1C[C@@H](C)[C@@H](OC)CN(C)C(=O)c2ccc(NS(=O)(=O)c3cn(C)cn3)cc2OC[C@@H]1C. The molecule has 0 radical (unpaired) electrons. The van der Waals surface area contributed by atoms with Gasteiger partial charge in [0, 0.05) is 52.6 Å². The van der Waals surface area contributed by atoms with Crippen LogP contribution >= 0.6 is 0 Å². The maximum atomic E-state index is 13.3. The zero-order chi connectivity index (χ0) is 25.8. The number of amides is 1. The van der Waals surface area contributed by atoms with Crippen molar-refractivity contribution in [2.75, 3.05) is 45.1 Å². The van der Waals surface area contributed by atoms with Gasteiger partial charge in [0.25, 0.3) is 15.9 Å². The van der Waals surface area contributed by atoms with Crippen molar-refractivity contribution >= 4 is 21.6 Å². The average Bonchev–Trinajstić information content (AvgIpc) is 3.26. The first-order valence-electron chi connectivity index (χ1n) is 11.9. The van der Waals surface area contributed by atoms with Crippen LogP contribution in [-0.4, -0.2) is 86.2 Å². The molecule has 3 atom stereocenters. The lowest BCUT2D eigenvalue weighted by Crippen LogP contribution is -2.46. The zero-order valence-electron chi connectivity index (χ0n) is 21.4. The van der Waals surface area contributed by atoms with Gasteiger partial charge < -0.3 is 18.9 Å². The monoisotopic (exact) mass is 507 g/mol. The first-order chi connectivity index (χ1) is 16.6. The number of likely N-dealkylation sites (N-methyl/N-ethyl adjacent to an activating group) is 1. The normalized spacial score (nSPS) is 22.6. The minimum Gasteiger partial charge on any atom is -0.491 e. The number of carbonyl (C=O) groups is 1. The van der Waals surface area contributed by atoms with Crippen LogP contribution in [0.4, 0.5) is 5.69 Å². The van der Waals surface area contributed by atoms with E-state index in [1.165, 1.54) is 12.5 Å². The Morgan fingerprint density at radius 3 is 2.60 bits per heavy atom. The number of imidazole rings is 1. The number of carbonyl (C=O) groups excluding carboxylic acids is 1. The molecule has 1 amide bonds. The van der Waals surface area contributed by atoms with E-state index in [0.717, 1.165) is 19.5 Å². The Morgan fingerprint density at radius 1 is 1.23 bits per heavy atom. The Balaban J connectivity index is 1.95. The molecule has 1 N–H and O–H groups in total. The Hall–Kier alpha value is -2.63. The first kappa shape index (κ1) is 27.0. The van der Waals surface area contributed by atoms with Crippen LogP contribution in [0.5, 0.6) is 5.75 Å². The van der Waals surface area contributed by atoms with E-state index in [2.05, 4.69) is 35.4 Å². The summed E-state index contributed by atoms with van der Waals surface area (Å²) >= 11 is 0. The van der Waals surface area contributed by atoms with Gasteiger partial charge in [-0.1, -0.05) is 13.8 Å². The predicted octanol–water partition coefficient (Wildman–Crippen LogP) is 2.44. The van der Waals surface area contributed by atoms with Crippen molar-refractivity contribution in [1.82, 2.24) is 19.4 Å². The second kappa shape index (κ2) is 11.4. The molecule has 0 saturated carbocycles. The quantitative estimate of drug-likeness (QED) is 0.640. The first-order valence-corrected chi connectivity index (χ1v) is 13.3. The molecule has 0 spiro atoms. The van der Waals surface area contributed by atoms with Gasteiger partial charge in [0.1, 0.15) is 12.4 Å². The number of anilines is 1. The summed E-state index contributed by atoms with van der Waals surface area (Å²) in [6.45, 7) is 8.89. The summed E-state index contributed by atoms with van der Waals surface area (Å²) in [6.07, 6.45) is 3.72. The molecule has 2 heterocycles. The van der Waals surface area contributed by atoms with Crippen LogP contribution < -0.4 is 9.46 Å². The second-order valence-corrected chi connectivity index (χ2v) is 10.9. The van der Waals surface area contributed by atoms with Gasteiger partial charge in [-0.2, -0.15) is 8.42 Å². The Kier molecular flexibility index (Phi) is 8.79. The van der Waals surface area contributed by atoms with Crippen molar-refractivity contribution in [3.05, 3.63) is 36.3 Å². The summed E-state index contributed by atoms with van der Waals surface area (Å²) in [5.74, 6) is 0.326. The lowest BCUT2D eigenvalue weighted by molar-refractivity contribution is 0.0108. The van der Waals surface area contributed by atoms with Crippen LogP contribution in [0.3, 0.4) is 0 Å². The third-order valence-corrected chi connectivity index (χ3v) is 7.56. The smallest absolute Gasteiger partial charge is 0.280 e. The molecule has 1 aromatic carbocycles.